The maximum Gasteiger partial charge on any atom is 0.127 e. The first-order chi connectivity index (χ1) is 13.0. The van der Waals surface area contributed by atoms with E-state index < -0.39 is 0 Å². The highest BCUT2D eigenvalue weighted by Gasteiger charge is 2.23. The smallest absolute Gasteiger partial charge is 0.127 e. The Bertz CT molecular complexity index is 838. The van der Waals surface area contributed by atoms with Crippen molar-refractivity contribution < 1.29 is 9.84 Å². The Morgan fingerprint density at radius 1 is 1.00 bits per heavy atom. The highest BCUT2D eigenvalue weighted by molar-refractivity contribution is 5.52. The minimum Gasteiger partial charge on any atom is -0.507 e. The van der Waals surface area contributed by atoms with Gasteiger partial charge in [-0.15, -0.1) is 0 Å². The number of phenols is 1. The summed E-state index contributed by atoms with van der Waals surface area (Å²) in [6, 6.07) is 8.58. The number of aromatic hydroxyl groups is 1. The van der Waals surface area contributed by atoms with Gasteiger partial charge in [-0.1, -0.05) is 82.7 Å². The maximum absolute atomic E-state index is 10.9. The van der Waals surface area contributed by atoms with E-state index >= 15 is 0 Å². The minimum absolute atomic E-state index is 0.0330. The Labute approximate surface area is 171 Å². The molecule has 0 unspecified atom stereocenters. The van der Waals surface area contributed by atoms with Crippen LogP contribution in [0.3, 0.4) is 0 Å². The molecular weight excluding hydrogens is 344 g/mol. The molecule has 2 nitrogen and oxygen atoms in total. The standard InChI is InChI=1S/C26H36O2/c1-9-10-28-25-22(14-19(5)15-23(25)26(6,7)8)16-21-13-18(4)12-20(24(21)27)11-17(2)3/h9,12-15,17,27H,1,10-11,16H2,2-8H3. The molecule has 1 N–H and O–H groups in total. The van der Waals surface area contributed by atoms with Crippen molar-refractivity contribution >= 4 is 0 Å². The van der Waals surface area contributed by atoms with Gasteiger partial charge in [-0.25, -0.2) is 0 Å². The van der Waals surface area contributed by atoms with Crippen molar-refractivity contribution in [1.29, 1.82) is 0 Å². The zero-order valence-corrected chi connectivity index (χ0v) is 18.6. The van der Waals surface area contributed by atoms with Crippen molar-refractivity contribution in [3.63, 3.8) is 0 Å². The number of benzene rings is 2. The third kappa shape index (κ3) is 5.41. The van der Waals surface area contributed by atoms with Crippen LogP contribution < -0.4 is 4.74 Å². The Kier molecular flexibility index (Phi) is 6.98. The lowest BCUT2D eigenvalue weighted by atomic mass is 9.83. The van der Waals surface area contributed by atoms with E-state index in [-0.39, 0.29) is 5.41 Å². The molecule has 152 valence electrons. The van der Waals surface area contributed by atoms with Crippen molar-refractivity contribution in [2.45, 2.75) is 66.7 Å². The molecule has 2 aromatic rings. The summed E-state index contributed by atoms with van der Waals surface area (Å²) < 4.78 is 6.14. The van der Waals surface area contributed by atoms with E-state index in [0.717, 1.165) is 28.9 Å². The molecule has 0 saturated heterocycles. The lowest BCUT2D eigenvalue weighted by Gasteiger charge is -2.26. The third-order valence-electron chi connectivity index (χ3n) is 4.88. The quantitative estimate of drug-likeness (QED) is 0.544. The topological polar surface area (TPSA) is 29.5 Å². The maximum atomic E-state index is 10.9. The van der Waals surface area contributed by atoms with E-state index in [1.54, 1.807) is 6.08 Å². The Hall–Kier alpha value is -2.22. The van der Waals surface area contributed by atoms with E-state index in [1.165, 1.54) is 16.7 Å². The Balaban J connectivity index is 2.58. The zero-order valence-electron chi connectivity index (χ0n) is 18.6. The van der Waals surface area contributed by atoms with Gasteiger partial charge >= 0.3 is 0 Å². The highest BCUT2D eigenvalue weighted by atomic mass is 16.5. The molecule has 0 aliphatic rings. The summed E-state index contributed by atoms with van der Waals surface area (Å²) in [7, 11) is 0. The molecule has 0 aliphatic carbocycles. The van der Waals surface area contributed by atoms with Crippen LogP contribution in [-0.4, -0.2) is 11.7 Å². The summed E-state index contributed by atoms with van der Waals surface area (Å²) in [5.41, 5.74) is 6.66. The predicted octanol–water partition coefficient (Wildman–Crippen LogP) is 6.66. The van der Waals surface area contributed by atoms with Crippen LogP contribution in [0.4, 0.5) is 0 Å². The van der Waals surface area contributed by atoms with Crippen LogP contribution in [0.1, 0.15) is 68.0 Å². The molecule has 0 fully saturated rings. The predicted molar refractivity (Wildman–Crippen MR) is 120 cm³/mol. The first-order valence-electron chi connectivity index (χ1n) is 10.2. The molecule has 0 radical (unpaired) electrons. The van der Waals surface area contributed by atoms with Crippen LogP contribution in [0.2, 0.25) is 0 Å². The van der Waals surface area contributed by atoms with Gasteiger partial charge in [0.05, 0.1) is 0 Å². The largest absolute Gasteiger partial charge is 0.507 e. The first-order valence-corrected chi connectivity index (χ1v) is 10.2. The molecule has 2 aromatic carbocycles. The second-order valence-corrected chi connectivity index (χ2v) is 9.36. The van der Waals surface area contributed by atoms with Crippen molar-refractivity contribution in [2.24, 2.45) is 5.92 Å². The van der Waals surface area contributed by atoms with Crippen LogP contribution in [0.5, 0.6) is 11.5 Å². The van der Waals surface area contributed by atoms with Crippen LogP contribution >= 0.6 is 0 Å². The monoisotopic (exact) mass is 380 g/mol. The van der Waals surface area contributed by atoms with Gasteiger partial charge in [0.15, 0.2) is 0 Å². The van der Waals surface area contributed by atoms with Crippen LogP contribution in [-0.2, 0) is 18.3 Å². The number of hydrogen-bond donors (Lipinski definition) is 1. The van der Waals surface area contributed by atoms with Gasteiger partial charge in [-0.2, -0.15) is 0 Å². The van der Waals surface area contributed by atoms with Gasteiger partial charge in [-0.3, -0.25) is 0 Å². The summed E-state index contributed by atoms with van der Waals surface area (Å²) in [5, 5.41) is 10.9. The van der Waals surface area contributed by atoms with Crippen LogP contribution in [0.15, 0.2) is 36.9 Å². The Morgan fingerprint density at radius 3 is 2.14 bits per heavy atom. The number of hydrogen-bond acceptors (Lipinski definition) is 2. The highest BCUT2D eigenvalue weighted by Crippen LogP contribution is 2.38. The molecule has 2 rings (SSSR count). The molecule has 0 aliphatic heterocycles. The third-order valence-corrected chi connectivity index (χ3v) is 4.88. The summed E-state index contributed by atoms with van der Waals surface area (Å²) in [6.07, 6.45) is 3.30. The van der Waals surface area contributed by atoms with Crippen molar-refractivity contribution in [2.75, 3.05) is 6.61 Å². The molecular formula is C26H36O2. The molecule has 0 heterocycles. The summed E-state index contributed by atoms with van der Waals surface area (Å²) in [5.74, 6) is 1.84. The number of rotatable bonds is 7. The van der Waals surface area contributed by atoms with Crippen LogP contribution in [0.25, 0.3) is 0 Å². The lowest BCUT2D eigenvalue weighted by molar-refractivity contribution is 0.347. The Morgan fingerprint density at radius 2 is 1.57 bits per heavy atom. The average molecular weight is 381 g/mol. The van der Waals surface area contributed by atoms with E-state index in [2.05, 4.69) is 79.3 Å². The summed E-state index contributed by atoms with van der Waals surface area (Å²) >= 11 is 0. The number of ether oxygens (including phenoxy) is 1. The first kappa shape index (κ1) is 22.1. The van der Waals surface area contributed by atoms with Gasteiger partial charge in [0.2, 0.25) is 0 Å². The fourth-order valence-corrected chi connectivity index (χ4v) is 3.72. The van der Waals surface area contributed by atoms with Crippen LogP contribution in [0, 0.1) is 19.8 Å². The SMILES string of the molecule is C=CCOc1c(Cc2cc(C)cc(CC(C)C)c2O)cc(C)cc1C(C)(C)C. The van der Waals surface area contributed by atoms with E-state index in [1.807, 2.05) is 0 Å². The number of aryl methyl sites for hydroxylation is 2. The van der Waals surface area contributed by atoms with Gasteiger partial charge < -0.3 is 9.84 Å². The molecule has 0 saturated carbocycles. The molecule has 0 spiro atoms. The lowest BCUT2D eigenvalue weighted by Crippen LogP contribution is -2.15. The molecule has 0 aromatic heterocycles. The fraction of sp³-hybridized carbons (Fsp3) is 0.462. The van der Waals surface area contributed by atoms with Crippen molar-refractivity contribution in [3.05, 3.63) is 70.3 Å². The second kappa shape index (κ2) is 8.86. The zero-order chi connectivity index (χ0) is 21.1. The summed E-state index contributed by atoms with van der Waals surface area (Å²) in [6.45, 7) is 19.5. The second-order valence-electron chi connectivity index (χ2n) is 9.36. The van der Waals surface area contributed by atoms with E-state index in [9.17, 15) is 5.11 Å². The van der Waals surface area contributed by atoms with E-state index in [0.29, 0.717) is 24.7 Å². The van der Waals surface area contributed by atoms with Crippen molar-refractivity contribution in [3.8, 4) is 11.5 Å². The molecule has 0 atom stereocenters. The molecule has 2 heteroatoms. The molecule has 0 amide bonds. The molecule has 28 heavy (non-hydrogen) atoms. The van der Waals surface area contributed by atoms with Gasteiger partial charge in [-0.05, 0) is 48.3 Å². The summed E-state index contributed by atoms with van der Waals surface area (Å²) in [4.78, 5) is 0. The molecule has 0 bridgehead atoms. The average Bonchev–Trinajstić information content (AvgIpc) is 2.56. The van der Waals surface area contributed by atoms with Gasteiger partial charge in [0.25, 0.3) is 0 Å². The van der Waals surface area contributed by atoms with E-state index in [4.69, 9.17) is 4.74 Å². The van der Waals surface area contributed by atoms with Crippen molar-refractivity contribution in [1.82, 2.24) is 0 Å². The van der Waals surface area contributed by atoms with Gasteiger partial charge in [0, 0.05) is 12.0 Å². The fourth-order valence-electron chi connectivity index (χ4n) is 3.72. The van der Waals surface area contributed by atoms with Gasteiger partial charge in [0.1, 0.15) is 18.1 Å². The minimum atomic E-state index is -0.0330. The normalized spacial score (nSPS) is 11.7. The number of phenolic OH excluding ortho intramolecular Hbond substituents is 1.